The van der Waals surface area contributed by atoms with Gasteiger partial charge >= 0.3 is 6.09 Å². The molecule has 1 amide bonds. The quantitative estimate of drug-likeness (QED) is 0.628. The molecular formula is C14H22N2O4. The first-order valence-corrected chi connectivity index (χ1v) is 6.39. The van der Waals surface area contributed by atoms with Gasteiger partial charge in [-0.2, -0.15) is 0 Å². The Morgan fingerprint density at radius 2 is 2.10 bits per heavy atom. The van der Waals surface area contributed by atoms with Gasteiger partial charge in [0.25, 0.3) is 0 Å². The summed E-state index contributed by atoms with van der Waals surface area (Å²) in [6.45, 7) is 5.13. The highest BCUT2D eigenvalue weighted by molar-refractivity contribution is 5.87. The number of carbonyl (C=O) groups is 1. The minimum absolute atomic E-state index is 0.0582. The van der Waals surface area contributed by atoms with Crippen LogP contribution < -0.4 is 11.1 Å². The normalized spacial score (nSPS) is 12.8. The number of nitrogens with two attached hydrogens (primary N) is 1. The maximum absolute atomic E-state index is 11.7. The Kier molecular flexibility index (Phi) is 5.35. The number of anilines is 1. The standard InChI is InChI=1S/C14H22N2O4/c1-14(2,3)20-13(19)16-11-7-9(4-5-12(11)18)6-10(15)8-17/h4-5,7,10,17-18H,6,8,15H2,1-3H3,(H,16,19). The van der Waals surface area contributed by atoms with E-state index in [1.165, 1.54) is 6.07 Å². The molecule has 6 nitrogen and oxygen atoms in total. The lowest BCUT2D eigenvalue weighted by molar-refractivity contribution is 0.0635. The van der Waals surface area contributed by atoms with Gasteiger partial charge in [0.15, 0.2) is 0 Å². The molecule has 0 aliphatic heterocycles. The highest BCUT2D eigenvalue weighted by atomic mass is 16.6. The van der Waals surface area contributed by atoms with Gasteiger partial charge in [0.05, 0.1) is 12.3 Å². The predicted molar refractivity (Wildman–Crippen MR) is 76.7 cm³/mol. The molecule has 0 aromatic heterocycles. The molecule has 1 rings (SSSR count). The van der Waals surface area contributed by atoms with Crippen LogP contribution in [0.15, 0.2) is 18.2 Å². The Balaban J connectivity index is 2.79. The first-order chi connectivity index (χ1) is 9.21. The van der Waals surface area contributed by atoms with Crippen molar-refractivity contribution in [2.75, 3.05) is 11.9 Å². The monoisotopic (exact) mass is 282 g/mol. The van der Waals surface area contributed by atoms with E-state index in [0.29, 0.717) is 6.42 Å². The number of hydrogen-bond donors (Lipinski definition) is 4. The van der Waals surface area contributed by atoms with Crippen LogP contribution >= 0.6 is 0 Å². The number of hydrogen-bond acceptors (Lipinski definition) is 5. The van der Waals surface area contributed by atoms with E-state index in [4.69, 9.17) is 15.6 Å². The van der Waals surface area contributed by atoms with E-state index in [1.54, 1.807) is 32.9 Å². The van der Waals surface area contributed by atoms with Crippen LogP contribution in [0, 0.1) is 0 Å². The van der Waals surface area contributed by atoms with Gasteiger partial charge in [-0.1, -0.05) is 6.07 Å². The fraction of sp³-hybridized carbons (Fsp3) is 0.500. The van der Waals surface area contributed by atoms with E-state index in [1.807, 2.05) is 0 Å². The number of benzene rings is 1. The zero-order valence-electron chi connectivity index (χ0n) is 12.0. The maximum Gasteiger partial charge on any atom is 0.412 e. The Labute approximate surface area is 118 Å². The summed E-state index contributed by atoms with van der Waals surface area (Å²) in [6, 6.07) is 4.38. The molecule has 6 heteroatoms. The summed E-state index contributed by atoms with van der Waals surface area (Å²) in [6.07, 6.45) is -0.198. The molecule has 5 N–H and O–H groups in total. The second kappa shape index (κ2) is 6.58. The van der Waals surface area contributed by atoms with Crippen LogP contribution in [0.1, 0.15) is 26.3 Å². The molecule has 0 saturated heterocycles. The molecule has 0 saturated carbocycles. The minimum Gasteiger partial charge on any atom is -0.506 e. The van der Waals surface area contributed by atoms with Gasteiger partial charge < -0.3 is 20.7 Å². The Morgan fingerprint density at radius 3 is 2.65 bits per heavy atom. The number of phenolic OH excluding ortho intramolecular Hbond substituents is 1. The molecule has 1 aromatic rings. The molecule has 0 radical (unpaired) electrons. The number of ether oxygens (including phenoxy) is 1. The van der Waals surface area contributed by atoms with E-state index in [2.05, 4.69) is 5.32 Å². The second-order valence-corrected chi connectivity index (χ2v) is 5.63. The molecule has 0 bridgehead atoms. The van der Waals surface area contributed by atoms with Crippen molar-refractivity contribution in [1.29, 1.82) is 0 Å². The fourth-order valence-corrected chi connectivity index (χ4v) is 1.59. The van der Waals surface area contributed by atoms with E-state index in [-0.39, 0.29) is 24.1 Å². The van der Waals surface area contributed by atoms with Crippen molar-refractivity contribution in [3.05, 3.63) is 23.8 Å². The van der Waals surface area contributed by atoms with E-state index >= 15 is 0 Å². The summed E-state index contributed by atoms with van der Waals surface area (Å²) in [5.41, 5.74) is 6.09. The predicted octanol–water partition coefficient (Wildman–Crippen LogP) is 1.60. The third-order valence-corrected chi connectivity index (χ3v) is 2.43. The Bertz CT molecular complexity index is 469. The van der Waals surface area contributed by atoms with Crippen molar-refractivity contribution >= 4 is 11.8 Å². The summed E-state index contributed by atoms with van der Waals surface area (Å²) < 4.78 is 5.11. The highest BCUT2D eigenvalue weighted by Gasteiger charge is 2.17. The Morgan fingerprint density at radius 1 is 1.45 bits per heavy atom. The molecule has 0 spiro atoms. The first-order valence-electron chi connectivity index (χ1n) is 6.39. The third-order valence-electron chi connectivity index (χ3n) is 2.43. The summed E-state index contributed by atoms with van der Waals surface area (Å²) in [4.78, 5) is 11.7. The number of phenols is 1. The summed E-state index contributed by atoms with van der Waals surface area (Å²) in [5, 5.41) is 21.1. The van der Waals surface area contributed by atoms with Crippen molar-refractivity contribution in [3.8, 4) is 5.75 Å². The summed E-state index contributed by atoms with van der Waals surface area (Å²) >= 11 is 0. The molecule has 20 heavy (non-hydrogen) atoms. The molecule has 0 aliphatic carbocycles. The molecule has 0 fully saturated rings. The minimum atomic E-state index is -0.642. The van der Waals surface area contributed by atoms with Crippen molar-refractivity contribution < 1.29 is 19.7 Å². The van der Waals surface area contributed by atoms with Gasteiger partial charge in [-0.3, -0.25) is 5.32 Å². The van der Waals surface area contributed by atoms with Crippen LogP contribution in [0.2, 0.25) is 0 Å². The second-order valence-electron chi connectivity index (χ2n) is 5.63. The summed E-state index contributed by atoms with van der Waals surface area (Å²) in [7, 11) is 0. The SMILES string of the molecule is CC(C)(C)OC(=O)Nc1cc(CC(N)CO)ccc1O. The molecule has 1 aromatic carbocycles. The number of aliphatic hydroxyl groups is 1. The number of carbonyl (C=O) groups excluding carboxylic acids is 1. The first kappa shape index (κ1) is 16.3. The van der Waals surface area contributed by atoms with Crippen molar-refractivity contribution in [1.82, 2.24) is 0 Å². The molecule has 0 heterocycles. The van der Waals surface area contributed by atoms with Crippen molar-refractivity contribution in [2.24, 2.45) is 5.73 Å². The van der Waals surface area contributed by atoms with Crippen LogP contribution in [-0.4, -0.2) is 34.6 Å². The molecule has 112 valence electrons. The highest BCUT2D eigenvalue weighted by Crippen LogP contribution is 2.25. The average molecular weight is 282 g/mol. The van der Waals surface area contributed by atoms with E-state index in [9.17, 15) is 9.90 Å². The molecular weight excluding hydrogens is 260 g/mol. The largest absolute Gasteiger partial charge is 0.506 e. The lowest BCUT2D eigenvalue weighted by Gasteiger charge is -2.20. The lowest BCUT2D eigenvalue weighted by atomic mass is 10.1. The summed E-state index contributed by atoms with van der Waals surface area (Å²) in [5.74, 6) is -0.0582. The van der Waals surface area contributed by atoms with Gasteiger partial charge in [-0.25, -0.2) is 4.79 Å². The van der Waals surface area contributed by atoms with E-state index < -0.39 is 11.7 Å². The van der Waals surface area contributed by atoms with Crippen molar-refractivity contribution in [2.45, 2.75) is 38.8 Å². The Hall–Kier alpha value is -1.79. The average Bonchev–Trinajstić information content (AvgIpc) is 2.30. The smallest absolute Gasteiger partial charge is 0.412 e. The van der Waals surface area contributed by atoms with Crippen molar-refractivity contribution in [3.63, 3.8) is 0 Å². The lowest BCUT2D eigenvalue weighted by Crippen LogP contribution is -2.28. The number of nitrogens with one attached hydrogen (secondary N) is 1. The van der Waals surface area contributed by atoms with Crippen LogP contribution in [0.25, 0.3) is 0 Å². The number of aliphatic hydroxyl groups excluding tert-OH is 1. The fourth-order valence-electron chi connectivity index (χ4n) is 1.59. The van der Waals surface area contributed by atoms with Gasteiger partial charge in [-0.05, 0) is 44.9 Å². The molecule has 1 unspecified atom stereocenters. The number of amides is 1. The van der Waals surface area contributed by atoms with Gasteiger partial charge in [0, 0.05) is 6.04 Å². The van der Waals surface area contributed by atoms with Gasteiger partial charge in [0.2, 0.25) is 0 Å². The van der Waals surface area contributed by atoms with Crippen LogP contribution in [0.3, 0.4) is 0 Å². The topological polar surface area (TPSA) is 105 Å². The molecule has 1 atom stereocenters. The maximum atomic E-state index is 11.7. The zero-order valence-corrected chi connectivity index (χ0v) is 12.0. The van der Waals surface area contributed by atoms with Crippen LogP contribution in [0.5, 0.6) is 5.75 Å². The number of rotatable bonds is 4. The van der Waals surface area contributed by atoms with E-state index in [0.717, 1.165) is 5.56 Å². The third kappa shape index (κ3) is 5.46. The van der Waals surface area contributed by atoms with Gasteiger partial charge in [-0.15, -0.1) is 0 Å². The van der Waals surface area contributed by atoms with Crippen LogP contribution in [0.4, 0.5) is 10.5 Å². The number of aromatic hydroxyl groups is 1. The zero-order chi connectivity index (χ0) is 15.3. The molecule has 0 aliphatic rings. The van der Waals surface area contributed by atoms with Gasteiger partial charge in [0.1, 0.15) is 11.4 Å². The van der Waals surface area contributed by atoms with Crippen LogP contribution in [-0.2, 0) is 11.2 Å².